The van der Waals surface area contributed by atoms with Gasteiger partial charge in [-0.25, -0.2) is 0 Å². The van der Waals surface area contributed by atoms with E-state index in [1.54, 1.807) is 12.2 Å². The summed E-state index contributed by atoms with van der Waals surface area (Å²) in [6.45, 7) is 7.93. The molecule has 2 saturated carbocycles. The van der Waals surface area contributed by atoms with Gasteiger partial charge in [0.1, 0.15) is 28.8 Å². The predicted octanol–water partition coefficient (Wildman–Crippen LogP) is 3.97. The van der Waals surface area contributed by atoms with E-state index in [-0.39, 0.29) is 23.1 Å². The fourth-order valence-electron chi connectivity index (χ4n) is 6.83. The van der Waals surface area contributed by atoms with Crippen LogP contribution in [0.4, 0.5) is 0 Å². The monoisotopic (exact) mass is 426 g/mol. The average molecular weight is 427 g/mol. The van der Waals surface area contributed by atoms with Crippen molar-refractivity contribution >= 4 is 11.9 Å². The number of rotatable bonds is 2. The molecular weight excluding hydrogens is 396 g/mol. The number of carbonyl (C=O) groups is 1. The quantitative estimate of drug-likeness (QED) is 0.721. The molecular formula is C25H30O6. The minimum atomic E-state index is -1.20. The van der Waals surface area contributed by atoms with Crippen LogP contribution in [0.1, 0.15) is 70.8 Å². The molecule has 3 fully saturated rings. The Kier molecular flexibility index (Phi) is 4.29. The lowest BCUT2D eigenvalue weighted by molar-refractivity contribution is -0.250. The molecule has 0 radical (unpaired) electrons. The van der Waals surface area contributed by atoms with Gasteiger partial charge in [-0.2, -0.15) is 0 Å². The van der Waals surface area contributed by atoms with Gasteiger partial charge in [-0.05, 0) is 39.2 Å². The van der Waals surface area contributed by atoms with Crippen molar-refractivity contribution < 1.29 is 23.8 Å². The number of hydrogen-bond donors (Lipinski definition) is 1. The Morgan fingerprint density at radius 1 is 1.13 bits per heavy atom. The van der Waals surface area contributed by atoms with Crippen molar-refractivity contribution in [3.8, 4) is 5.95 Å². The van der Waals surface area contributed by atoms with E-state index in [1.807, 2.05) is 39.8 Å². The molecule has 2 aliphatic heterocycles. The first-order chi connectivity index (χ1) is 14.6. The van der Waals surface area contributed by atoms with Crippen LogP contribution in [0, 0.1) is 16.7 Å². The highest BCUT2D eigenvalue weighted by Gasteiger charge is 2.76. The molecule has 0 aromatic carbocycles. The van der Waals surface area contributed by atoms with Gasteiger partial charge in [-0.15, -0.1) is 0 Å². The number of aliphatic hydroxyl groups is 1. The Morgan fingerprint density at radius 3 is 2.65 bits per heavy atom. The van der Waals surface area contributed by atoms with E-state index in [2.05, 4.69) is 0 Å². The Labute approximate surface area is 181 Å². The van der Waals surface area contributed by atoms with E-state index < -0.39 is 28.1 Å². The van der Waals surface area contributed by atoms with Gasteiger partial charge >= 0.3 is 0 Å². The molecule has 0 unspecified atom stereocenters. The molecule has 1 saturated heterocycles. The van der Waals surface area contributed by atoms with Gasteiger partial charge in [-0.1, -0.05) is 32.1 Å². The third-order valence-corrected chi connectivity index (χ3v) is 8.56. The van der Waals surface area contributed by atoms with Crippen LogP contribution in [0.15, 0.2) is 33.5 Å². The molecule has 5 rings (SSSR count). The molecule has 0 bridgehead atoms. The summed E-state index contributed by atoms with van der Waals surface area (Å²) < 4.78 is 18.7. The average Bonchev–Trinajstić information content (AvgIpc) is 3.10. The van der Waals surface area contributed by atoms with Crippen molar-refractivity contribution in [1.29, 1.82) is 0 Å². The zero-order chi connectivity index (χ0) is 22.2. The van der Waals surface area contributed by atoms with Gasteiger partial charge in [0.15, 0.2) is 5.43 Å². The number of ether oxygens (including phenoxy) is 2. The van der Waals surface area contributed by atoms with E-state index in [1.165, 1.54) is 6.07 Å². The standard InChI is InChI=1S/C25H30O6/c1-5-6-7-8-15-13-16(26)18-19-20-23(4,31-21(18)30-15)11-12-25(28)22(2,3)17(27)9-10-24(20,25)14-29-19/h5-8,13,19-20,28H,9-12,14H2,1-4H3/b6-5+,8-7-/t19-,20-,23+,24-,25+/m0/s1. The molecule has 6 heteroatoms. The highest BCUT2D eigenvalue weighted by Crippen LogP contribution is 2.71. The number of Topliss-reactive ketones (excluding diaryl/α,β-unsaturated/α-hetero) is 1. The van der Waals surface area contributed by atoms with Gasteiger partial charge in [0.2, 0.25) is 0 Å². The van der Waals surface area contributed by atoms with E-state index in [0.717, 1.165) is 0 Å². The van der Waals surface area contributed by atoms with E-state index in [0.29, 0.717) is 43.6 Å². The minimum Gasteiger partial charge on any atom is -0.458 e. The second kappa shape index (κ2) is 6.42. The Hall–Kier alpha value is -2.18. The summed E-state index contributed by atoms with van der Waals surface area (Å²) in [6.07, 6.45) is 8.69. The summed E-state index contributed by atoms with van der Waals surface area (Å²) in [4.78, 5) is 25.9. The predicted molar refractivity (Wildman–Crippen MR) is 115 cm³/mol. The van der Waals surface area contributed by atoms with Gasteiger partial charge in [0.25, 0.3) is 5.95 Å². The molecule has 6 nitrogen and oxygen atoms in total. The smallest absolute Gasteiger partial charge is 0.295 e. The molecule has 1 aromatic rings. The van der Waals surface area contributed by atoms with Crippen molar-refractivity contribution in [2.45, 2.75) is 70.7 Å². The zero-order valence-electron chi connectivity index (χ0n) is 18.6. The molecule has 31 heavy (non-hydrogen) atoms. The highest BCUT2D eigenvalue weighted by molar-refractivity contribution is 5.87. The van der Waals surface area contributed by atoms with Crippen molar-refractivity contribution in [2.24, 2.45) is 16.7 Å². The maximum Gasteiger partial charge on any atom is 0.295 e. The first-order valence-electron chi connectivity index (χ1n) is 11.1. The first-order valence-corrected chi connectivity index (χ1v) is 11.1. The fraction of sp³-hybridized carbons (Fsp3) is 0.600. The second-order valence-corrected chi connectivity index (χ2v) is 10.3. The maximum atomic E-state index is 13.1. The van der Waals surface area contributed by atoms with Crippen LogP contribution in [0.25, 0.3) is 6.08 Å². The summed E-state index contributed by atoms with van der Waals surface area (Å²) in [7, 11) is 0. The molecule has 5 atom stereocenters. The van der Waals surface area contributed by atoms with E-state index in [4.69, 9.17) is 13.9 Å². The number of hydrogen-bond acceptors (Lipinski definition) is 6. The van der Waals surface area contributed by atoms with Gasteiger partial charge in [-0.3, -0.25) is 9.59 Å². The summed E-state index contributed by atoms with van der Waals surface area (Å²) in [6, 6.07) is 1.46. The van der Waals surface area contributed by atoms with E-state index in [9.17, 15) is 14.7 Å². The summed E-state index contributed by atoms with van der Waals surface area (Å²) in [5.74, 6) is 0.492. The molecule has 166 valence electrons. The van der Waals surface area contributed by atoms with Crippen LogP contribution in [0.3, 0.4) is 0 Å². The van der Waals surface area contributed by atoms with Crippen molar-refractivity contribution in [2.75, 3.05) is 6.61 Å². The fourth-order valence-corrected chi connectivity index (χ4v) is 6.83. The number of ketones is 1. The van der Waals surface area contributed by atoms with Crippen molar-refractivity contribution in [3.05, 3.63) is 45.8 Å². The Balaban J connectivity index is 1.65. The molecule has 3 heterocycles. The molecule has 2 aliphatic carbocycles. The highest BCUT2D eigenvalue weighted by atomic mass is 16.6. The van der Waals surface area contributed by atoms with Crippen LogP contribution in [-0.4, -0.2) is 28.7 Å². The first kappa shape index (κ1) is 20.7. The topological polar surface area (TPSA) is 86.0 Å². The van der Waals surface area contributed by atoms with Gasteiger partial charge in [0, 0.05) is 23.8 Å². The molecule has 1 aromatic heterocycles. The lowest BCUT2D eigenvalue weighted by Crippen LogP contribution is -2.73. The zero-order valence-corrected chi connectivity index (χ0v) is 18.6. The largest absolute Gasteiger partial charge is 0.458 e. The van der Waals surface area contributed by atoms with E-state index >= 15 is 0 Å². The summed E-state index contributed by atoms with van der Waals surface area (Å²) >= 11 is 0. The summed E-state index contributed by atoms with van der Waals surface area (Å²) in [5.41, 5.74) is -3.18. The second-order valence-electron chi connectivity index (χ2n) is 10.3. The minimum absolute atomic E-state index is 0.0851. The van der Waals surface area contributed by atoms with Crippen LogP contribution in [0.2, 0.25) is 0 Å². The maximum absolute atomic E-state index is 13.1. The van der Waals surface area contributed by atoms with Gasteiger partial charge < -0.3 is 19.0 Å². The number of carbonyl (C=O) groups excluding carboxylic acids is 1. The number of allylic oxidation sites excluding steroid dienone is 3. The van der Waals surface area contributed by atoms with Crippen LogP contribution < -0.4 is 10.2 Å². The van der Waals surface area contributed by atoms with Crippen molar-refractivity contribution in [3.63, 3.8) is 0 Å². The molecule has 0 amide bonds. The van der Waals surface area contributed by atoms with Gasteiger partial charge in [0.05, 0.1) is 17.6 Å². The lowest BCUT2D eigenvalue weighted by Gasteiger charge is -2.64. The third kappa shape index (κ3) is 2.46. The van der Waals surface area contributed by atoms with Crippen molar-refractivity contribution in [1.82, 2.24) is 0 Å². The van der Waals surface area contributed by atoms with Crippen LogP contribution in [-0.2, 0) is 9.53 Å². The molecule has 1 N–H and O–H groups in total. The lowest BCUT2D eigenvalue weighted by atomic mass is 9.42. The SMILES string of the molecule is C/C=C/C=C\c1cc(=O)c2c(o1)O[C@]1(C)CC[C@@]3(O)C(C)(C)C(=O)CC[C@@]34CO[C@@H]2[C@H]41. The van der Waals surface area contributed by atoms with Crippen LogP contribution >= 0.6 is 0 Å². The normalized spacial score (nSPS) is 40.5. The molecule has 4 aliphatic rings. The Bertz CT molecular complexity index is 1060. The molecule has 1 spiro atoms. The summed E-state index contributed by atoms with van der Waals surface area (Å²) in [5, 5.41) is 12.0. The van der Waals surface area contributed by atoms with Crippen LogP contribution in [0.5, 0.6) is 5.95 Å². The third-order valence-electron chi connectivity index (χ3n) is 8.56. The number of fused-ring (bicyclic) bond motifs is 2. The Morgan fingerprint density at radius 2 is 1.90 bits per heavy atom.